The number of alkyl halides is 6. The van der Waals surface area contributed by atoms with Crippen LogP contribution in [0.1, 0.15) is 23.1 Å². The highest BCUT2D eigenvalue weighted by Crippen LogP contribution is 2.36. The summed E-state index contributed by atoms with van der Waals surface area (Å²) in [5.41, 5.74) is -3.78. The van der Waals surface area contributed by atoms with Gasteiger partial charge in [0, 0.05) is 0 Å². The van der Waals surface area contributed by atoms with Gasteiger partial charge in [-0.05, 0) is 42.3 Å². The minimum Gasteiger partial charge on any atom is -0.467 e. The summed E-state index contributed by atoms with van der Waals surface area (Å²) in [7, 11) is -2.88. The van der Waals surface area contributed by atoms with Crippen LogP contribution < -0.4 is 5.32 Å². The molecule has 34 heavy (non-hydrogen) atoms. The topological polar surface area (TPSA) is 89.5 Å². The van der Waals surface area contributed by atoms with Gasteiger partial charge in [-0.25, -0.2) is 13.2 Å². The van der Waals surface area contributed by atoms with Gasteiger partial charge in [-0.1, -0.05) is 18.2 Å². The molecular formula is C21H19F6NO5S. The van der Waals surface area contributed by atoms with Gasteiger partial charge in [0.2, 0.25) is 5.91 Å². The molecule has 2 aromatic carbocycles. The van der Waals surface area contributed by atoms with Crippen LogP contribution in [-0.2, 0) is 42.9 Å². The highest BCUT2D eigenvalue weighted by molar-refractivity contribution is 7.91. The van der Waals surface area contributed by atoms with Crippen molar-refractivity contribution in [1.82, 2.24) is 5.32 Å². The van der Waals surface area contributed by atoms with Gasteiger partial charge in [0.05, 0.1) is 35.3 Å². The Balaban J connectivity index is 2.20. The number of esters is 1. The van der Waals surface area contributed by atoms with E-state index in [9.17, 15) is 44.3 Å². The van der Waals surface area contributed by atoms with E-state index in [2.05, 4.69) is 10.1 Å². The van der Waals surface area contributed by atoms with Gasteiger partial charge in [0.1, 0.15) is 6.04 Å². The minimum atomic E-state index is -5.09. The summed E-state index contributed by atoms with van der Waals surface area (Å²) in [4.78, 5) is 24.3. The van der Waals surface area contributed by atoms with Crippen molar-refractivity contribution in [3.8, 4) is 0 Å². The van der Waals surface area contributed by atoms with Crippen molar-refractivity contribution in [1.29, 1.82) is 0 Å². The van der Waals surface area contributed by atoms with E-state index in [0.717, 1.165) is 7.11 Å². The molecule has 0 aliphatic rings. The first-order valence-electron chi connectivity index (χ1n) is 9.57. The van der Waals surface area contributed by atoms with Crippen molar-refractivity contribution in [2.45, 2.75) is 36.1 Å². The molecular weight excluding hydrogens is 492 g/mol. The molecule has 0 heterocycles. The van der Waals surface area contributed by atoms with Gasteiger partial charge in [-0.3, -0.25) is 4.79 Å². The molecule has 2 rings (SSSR count). The number of nitrogens with one attached hydrogen (secondary N) is 1. The molecule has 186 valence electrons. The average Bonchev–Trinajstić information content (AvgIpc) is 2.75. The molecule has 0 radical (unpaired) electrons. The molecule has 0 saturated carbocycles. The summed E-state index contributed by atoms with van der Waals surface area (Å²) in [6, 6.07) is 6.42. The van der Waals surface area contributed by atoms with E-state index in [-0.39, 0.29) is 11.0 Å². The fourth-order valence-electron chi connectivity index (χ4n) is 2.96. The van der Waals surface area contributed by atoms with Crippen molar-refractivity contribution >= 4 is 21.7 Å². The van der Waals surface area contributed by atoms with Gasteiger partial charge in [-0.2, -0.15) is 26.3 Å². The zero-order valence-corrected chi connectivity index (χ0v) is 18.4. The Labute approximate surface area is 190 Å². The van der Waals surface area contributed by atoms with Gasteiger partial charge < -0.3 is 10.1 Å². The van der Waals surface area contributed by atoms with Crippen molar-refractivity contribution in [2.24, 2.45) is 0 Å². The third kappa shape index (κ3) is 7.47. The van der Waals surface area contributed by atoms with E-state index in [4.69, 9.17) is 0 Å². The molecule has 2 aromatic rings. The number of sulfone groups is 1. The van der Waals surface area contributed by atoms with Gasteiger partial charge in [0.25, 0.3) is 0 Å². The third-order valence-electron chi connectivity index (χ3n) is 4.61. The van der Waals surface area contributed by atoms with Crippen LogP contribution in [0.15, 0.2) is 53.4 Å². The molecule has 0 aromatic heterocycles. The van der Waals surface area contributed by atoms with Crippen molar-refractivity contribution in [3.05, 3.63) is 65.2 Å². The average molecular weight is 511 g/mol. The highest BCUT2D eigenvalue weighted by atomic mass is 32.2. The molecule has 0 saturated heterocycles. The SMILES string of the molecule is COC(=O)[C@@H](CCS(=O)(=O)c1ccccc1)NC(=O)Cc1cc(C(F)(F)F)cc(C(F)(F)F)c1. The van der Waals surface area contributed by atoms with Crippen LogP contribution in [-0.4, -0.2) is 39.2 Å². The van der Waals surface area contributed by atoms with Crippen molar-refractivity contribution in [2.75, 3.05) is 12.9 Å². The monoisotopic (exact) mass is 511 g/mol. The molecule has 0 unspecified atom stereocenters. The first kappa shape index (κ1) is 27.2. The van der Waals surface area contributed by atoms with E-state index in [1.807, 2.05) is 0 Å². The van der Waals surface area contributed by atoms with E-state index in [1.165, 1.54) is 24.3 Å². The number of hydrogen-bond donors (Lipinski definition) is 1. The zero-order chi connectivity index (χ0) is 25.7. The maximum atomic E-state index is 13.0. The van der Waals surface area contributed by atoms with Gasteiger partial charge >= 0.3 is 18.3 Å². The third-order valence-corrected chi connectivity index (χ3v) is 6.37. The van der Waals surface area contributed by atoms with Crippen LogP contribution in [0.5, 0.6) is 0 Å². The van der Waals surface area contributed by atoms with Crippen LogP contribution in [0.25, 0.3) is 0 Å². The molecule has 0 fully saturated rings. The summed E-state index contributed by atoms with van der Waals surface area (Å²) < 4.78 is 107. The van der Waals surface area contributed by atoms with E-state index in [0.29, 0.717) is 12.1 Å². The molecule has 13 heteroatoms. The lowest BCUT2D eigenvalue weighted by molar-refractivity contribution is -0.145. The molecule has 0 bridgehead atoms. The van der Waals surface area contributed by atoms with E-state index in [1.54, 1.807) is 6.07 Å². The number of amides is 1. The minimum absolute atomic E-state index is 0.0337. The lowest BCUT2D eigenvalue weighted by atomic mass is 10.0. The number of halogens is 6. The largest absolute Gasteiger partial charge is 0.467 e. The fourth-order valence-corrected chi connectivity index (χ4v) is 4.32. The maximum absolute atomic E-state index is 13.0. The van der Waals surface area contributed by atoms with E-state index >= 15 is 0 Å². The summed E-state index contributed by atoms with van der Waals surface area (Å²) in [5, 5.41) is 2.12. The van der Waals surface area contributed by atoms with Crippen LogP contribution in [0.2, 0.25) is 0 Å². The second kappa shape index (κ2) is 10.5. The Bertz CT molecular complexity index is 1100. The van der Waals surface area contributed by atoms with Crippen LogP contribution in [0.3, 0.4) is 0 Å². The molecule has 1 N–H and O–H groups in total. The second-order valence-electron chi connectivity index (χ2n) is 7.15. The molecule has 0 aliphatic heterocycles. The van der Waals surface area contributed by atoms with Crippen LogP contribution in [0, 0.1) is 0 Å². The molecule has 1 atom stereocenters. The number of ether oxygens (including phenoxy) is 1. The second-order valence-corrected chi connectivity index (χ2v) is 9.26. The summed E-state index contributed by atoms with van der Waals surface area (Å²) in [6.07, 6.45) is -11.5. The highest BCUT2D eigenvalue weighted by Gasteiger charge is 2.37. The van der Waals surface area contributed by atoms with Gasteiger partial charge in [0.15, 0.2) is 9.84 Å². The smallest absolute Gasteiger partial charge is 0.416 e. The number of carbonyl (C=O) groups excluding carboxylic acids is 2. The number of carbonyl (C=O) groups is 2. The predicted octanol–water partition coefficient (Wildman–Crippen LogP) is 3.79. The van der Waals surface area contributed by atoms with Crippen LogP contribution >= 0.6 is 0 Å². The first-order chi connectivity index (χ1) is 15.6. The normalized spacial score (nSPS) is 13.3. The van der Waals surface area contributed by atoms with Gasteiger partial charge in [-0.15, -0.1) is 0 Å². The number of benzene rings is 2. The quantitative estimate of drug-likeness (QED) is 0.431. The van der Waals surface area contributed by atoms with Crippen LogP contribution in [0.4, 0.5) is 26.3 Å². The summed E-state index contributed by atoms with van der Waals surface area (Å²) in [5.74, 6) is -2.71. The molecule has 0 aliphatic carbocycles. The molecule has 6 nitrogen and oxygen atoms in total. The number of hydrogen-bond acceptors (Lipinski definition) is 5. The van der Waals surface area contributed by atoms with E-state index < -0.39 is 75.4 Å². The van der Waals surface area contributed by atoms with Crippen molar-refractivity contribution < 1.29 is 49.1 Å². The molecule has 0 spiro atoms. The predicted molar refractivity (Wildman–Crippen MR) is 107 cm³/mol. The molecule has 1 amide bonds. The Kier molecular flexibility index (Phi) is 8.35. The summed E-state index contributed by atoms with van der Waals surface area (Å²) >= 11 is 0. The first-order valence-corrected chi connectivity index (χ1v) is 11.2. The Morgan fingerprint density at radius 3 is 1.94 bits per heavy atom. The lowest BCUT2D eigenvalue weighted by Gasteiger charge is -2.18. The zero-order valence-electron chi connectivity index (χ0n) is 17.5. The summed E-state index contributed by atoms with van der Waals surface area (Å²) in [6.45, 7) is 0. The lowest BCUT2D eigenvalue weighted by Crippen LogP contribution is -2.43. The van der Waals surface area contributed by atoms with Crippen molar-refractivity contribution in [3.63, 3.8) is 0 Å². The maximum Gasteiger partial charge on any atom is 0.416 e. The Hall–Kier alpha value is -3.09. The number of rotatable bonds is 8. The Morgan fingerprint density at radius 1 is 0.941 bits per heavy atom. The Morgan fingerprint density at radius 2 is 1.47 bits per heavy atom. The fraction of sp³-hybridized carbons (Fsp3) is 0.333. The standard InChI is InChI=1S/C21H19F6NO5S/c1-33-19(30)17(7-8-34(31,32)16-5-3-2-4-6-16)28-18(29)11-13-9-14(20(22,23)24)12-15(10-13)21(25,26)27/h2-6,9-10,12,17H,7-8,11H2,1H3,(H,28,29)/t17-/m1/s1. The number of methoxy groups -OCH3 is 1.